The highest BCUT2D eigenvalue weighted by atomic mass is 32.1. The summed E-state index contributed by atoms with van der Waals surface area (Å²) >= 11 is 5.43. The lowest BCUT2D eigenvalue weighted by molar-refractivity contribution is 0.620. The van der Waals surface area contributed by atoms with Crippen molar-refractivity contribution >= 4 is 168 Å². The molecule has 0 aliphatic heterocycles. The van der Waals surface area contributed by atoms with Crippen LogP contribution in [-0.2, 0) is 0 Å². The second-order valence-electron chi connectivity index (χ2n) is 21.4. The quantitative estimate of drug-likeness (QED) is 0.156. The summed E-state index contributed by atoms with van der Waals surface area (Å²) in [4.78, 5) is 12.2. The van der Waals surface area contributed by atoms with Gasteiger partial charge in [-0.15, -0.1) is 34.0 Å². The SMILES string of the molecule is c1ccc2oc(-c3ccc(Nc4ccc5c6cc(N(c7ccc(-c8nc9ccccc9s8)cc7)c7ccc8c9ccccc9n(-c9ccc%10c(c9)sc9ccccc9%10)c8c7)ccc6n(-c6ccc7c(c6)sc6ccccc67)c5c4)cc3)nc2c1. The minimum Gasteiger partial charge on any atom is -0.436 e. The summed E-state index contributed by atoms with van der Waals surface area (Å²) in [6.45, 7) is 0. The third-order valence-electron chi connectivity index (χ3n) is 16.5. The minimum atomic E-state index is 0.605. The molecule has 7 nitrogen and oxygen atoms in total. The van der Waals surface area contributed by atoms with Gasteiger partial charge in [-0.25, -0.2) is 9.97 Å². The highest BCUT2D eigenvalue weighted by Gasteiger charge is 2.22. The minimum absolute atomic E-state index is 0.605. The van der Waals surface area contributed by atoms with E-state index in [2.05, 4.69) is 256 Å². The van der Waals surface area contributed by atoms with Crippen LogP contribution in [0.15, 0.2) is 265 Å². The molecule has 0 saturated heterocycles. The van der Waals surface area contributed by atoms with Crippen LogP contribution in [0, 0.1) is 0 Å². The summed E-state index contributed by atoms with van der Waals surface area (Å²) in [5.41, 5.74) is 16.5. The first-order valence-electron chi connectivity index (χ1n) is 28.0. The van der Waals surface area contributed by atoms with Crippen LogP contribution in [0.5, 0.6) is 0 Å². The number of oxazole rings is 1. The second kappa shape index (κ2) is 18.6. The lowest BCUT2D eigenvalue weighted by atomic mass is 10.1. The van der Waals surface area contributed by atoms with E-state index in [0.717, 1.165) is 99.9 Å². The topological polar surface area (TPSA) is 64.1 Å². The number of thiophene rings is 2. The maximum atomic E-state index is 6.12. The number of anilines is 5. The predicted molar refractivity (Wildman–Crippen MR) is 357 cm³/mol. The van der Waals surface area contributed by atoms with Gasteiger partial charge in [0.15, 0.2) is 5.58 Å². The monoisotopic (exact) mass is 1130 g/mol. The molecule has 0 amide bonds. The van der Waals surface area contributed by atoms with Crippen LogP contribution in [-0.4, -0.2) is 19.1 Å². The normalized spacial score (nSPS) is 12.0. The molecule has 0 unspecified atom stereocenters. The molecule has 0 saturated carbocycles. The Kier molecular flexibility index (Phi) is 10.5. The smallest absolute Gasteiger partial charge is 0.227 e. The Balaban J connectivity index is 0.810. The number of benzene rings is 12. The zero-order chi connectivity index (χ0) is 55.0. The maximum Gasteiger partial charge on any atom is 0.227 e. The molecule has 6 aromatic heterocycles. The Labute approximate surface area is 492 Å². The third kappa shape index (κ3) is 7.55. The number of aromatic nitrogens is 4. The van der Waals surface area contributed by atoms with Crippen LogP contribution >= 0.6 is 34.0 Å². The first-order chi connectivity index (χ1) is 41.6. The van der Waals surface area contributed by atoms with Crippen LogP contribution in [0.4, 0.5) is 28.4 Å². The van der Waals surface area contributed by atoms with E-state index in [0.29, 0.717) is 5.89 Å². The largest absolute Gasteiger partial charge is 0.436 e. The first-order valence-corrected chi connectivity index (χ1v) is 30.5. The van der Waals surface area contributed by atoms with Crippen molar-refractivity contribution < 1.29 is 4.42 Å². The van der Waals surface area contributed by atoms with Gasteiger partial charge < -0.3 is 23.8 Å². The summed E-state index contributed by atoms with van der Waals surface area (Å²) in [7, 11) is 0. The summed E-state index contributed by atoms with van der Waals surface area (Å²) in [6.07, 6.45) is 0. The fourth-order valence-corrected chi connectivity index (χ4v) is 15.9. The van der Waals surface area contributed by atoms with Gasteiger partial charge in [-0.05, 0) is 158 Å². The van der Waals surface area contributed by atoms with Crippen LogP contribution in [0.3, 0.4) is 0 Å². The van der Waals surface area contributed by atoms with Crippen molar-refractivity contribution in [2.45, 2.75) is 0 Å². The van der Waals surface area contributed by atoms with Gasteiger partial charge >= 0.3 is 0 Å². The zero-order valence-corrected chi connectivity index (χ0v) is 47.1. The van der Waals surface area contributed by atoms with Crippen LogP contribution in [0.25, 0.3) is 139 Å². The van der Waals surface area contributed by atoms with Gasteiger partial charge in [-0.2, -0.15) is 0 Å². The molecule has 10 heteroatoms. The molecule has 6 heterocycles. The van der Waals surface area contributed by atoms with Gasteiger partial charge in [0.25, 0.3) is 0 Å². The molecule has 84 heavy (non-hydrogen) atoms. The van der Waals surface area contributed by atoms with E-state index >= 15 is 0 Å². The molecule has 0 aliphatic rings. The first kappa shape index (κ1) is 47.3. The number of para-hydroxylation sites is 4. The number of nitrogens with zero attached hydrogens (tertiary/aromatic N) is 5. The molecule has 394 valence electrons. The number of rotatable bonds is 9. The standard InChI is InChI=1S/C74H44N6OS3/c1-6-16-63-53(11-1)54-35-30-50(41-66(54)79(63)51-31-36-58-56-12-2-8-18-68(56)82-71(58)42-51)78(48-28-23-45(24-29-48)74-77-62-15-5-10-20-70(62)84-74)49-33-38-64-60(40-49)55-34-27-47(75-46-25-21-44(22-26-46)73-76-61-14-4-7-17-67(61)81-73)39-65(55)80(64)52-32-37-59-57-13-3-9-19-69(57)83-72(59)43-52/h1-43,75H. The Morgan fingerprint density at radius 1 is 0.333 bits per heavy atom. The Bertz CT molecular complexity index is 5620. The number of hydrogen-bond donors (Lipinski definition) is 1. The van der Waals surface area contributed by atoms with Crippen molar-refractivity contribution in [3.63, 3.8) is 0 Å². The van der Waals surface area contributed by atoms with E-state index in [1.807, 2.05) is 46.9 Å². The van der Waals surface area contributed by atoms with Gasteiger partial charge in [0.05, 0.1) is 32.3 Å². The van der Waals surface area contributed by atoms with Gasteiger partial charge in [0.1, 0.15) is 10.5 Å². The molecule has 0 bridgehead atoms. The van der Waals surface area contributed by atoms with Gasteiger partial charge in [-0.3, -0.25) is 0 Å². The average Bonchev–Trinajstić information content (AvgIpc) is 4.60. The number of nitrogens with one attached hydrogen (secondary N) is 1. The van der Waals surface area contributed by atoms with Crippen molar-refractivity contribution in [3.05, 3.63) is 261 Å². The van der Waals surface area contributed by atoms with Crippen molar-refractivity contribution in [1.82, 2.24) is 19.1 Å². The lowest BCUT2D eigenvalue weighted by Gasteiger charge is -2.26. The van der Waals surface area contributed by atoms with Crippen LogP contribution in [0.1, 0.15) is 0 Å². The van der Waals surface area contributed by atoms with E-state index in [9.17, 15) is 0 Å². The Morgan fingerprint density at radius 2 is 0.857 bits per heavy atom. The molecule has 18 rings (SSSR count). The van der Waals surface area contributed by atoms with Crippen molar-refractivity contribution in [2.24, 2.45) is 0 Å². The van der Waals surface area contributed by atoms with Crippen molar-refractivity contribution in [2.75, 3.05) is 10.2 Å². The van der Waals surface area contributed by atoms with E-state index in [4.69, 9.17) is 14.4 Å². The Morgan fingerprint density at radius 3 is 1.58 bits per heavy atom. The van der Waals surface area contributed by atoms with Crippen LogP contribution in [0.2, 0.25) is 0 Å². The summed E-state index contributed by atoms with van der Waals surface area (Å²) < 4.78 is 17.3. The predicted octanol–water partition coefficient (Wildman–Crippen LogP) is 21.9. The van der Waals surface area contributed by atoms with Crippen molar-refractivity contribution in [1.29, 1.82) is 0 Å². The molecule has 0 radical (unpaired) electrons. The van der Waals surface area contributed by atoms with E-state index in [-0.39, 0.29) is 0 Å². The van der Waals surface area contributed by atoms with E-state index in [1.54, 1.807) is 11.3 Å². The molecule has 18 aromatic rings. The molecule has 0 fully saturated rings. The fourth-order valence-electron chi connectivity index (χ4n) is 12.6. The summed E-state index contributed by atoms with van der Waals surface area (Å²) in [5, 5.41) is 14.6. The molecule has 0 spiro atoms. The second-order valence-corrected chi connectivity index (χ2v) is 24.6. The van der Waals surface area contributed by atoms with Crippen LogP contribution < -0.4 is 10.2 Å². The third-order valence-corrected chi connectivity index (χ3v) is 19.9. The summed E-state index contributed by atoms with van der Waals surface area (Å²) in [5.74, 6) is 0.605. The molecule has 1 N–H and O–H groups in total. The average molecular weight is 1130 g/mol. The molecular formula is C74H44N6OS3. The molecule has 0 atom stereocenters. The number of thiazole rings is 1. The zero-order valence-electron chi connectivity index (χ0n) is 44.7. The lowest BCUT2D eigenvalue weighted by Crippen LogP contribution is -2.10. The Hall–Kier alpha value is -10.4. The van der Waals surface area contributed by atoms with Gasteiger partial charge in [-0.1, -0.05) is 103 Å². The van der Waals surface area contributed by atoms with E-state index in [1.165, 1.54) is 61.3 Å². The molecular weight excluding hydrogens is 1090 g/mol. The fraction of sp³-hybridized carbons (Fsp3) is 0. The highest BCUT2D eigenvalue weighted by Crippen LogP contribution is 2.46. The van der Waals surface area contributed by atoms with Crippen molar-refractivity contribution in [3.8, 4) is 33.4 Å². The number of hydrogen-bond acceptors (Lipinski definition) is 8. The summed E-state index contributed by atoms with van der Waals surface area (Å²) in [6, 6.07) is 94.5. The number of fused-ring (bicyclic) bond motifs is 14. The molecule has 0 aliphatic carbocycles. The van der Waals surface area contributed by atoms with E-state index < -0.39 is 0 Å². The maximum absolute atomic E-state index is 6.12. The highest BCUT2D eigenvalue weighted by molar-refractivity contribution is 7.26. The van der Waals surface area contributed by atoms with Gasteiger partial charge in [0.2, 0.25) is 5.89 Å². The van der Waals surface area contributed by atoms with Gasteiger partial charge in [0, 0.05) is 113 Å². The molecule has 12 aromatic carbocycles.